The van der Waals surface area contributed by atoms with Gasteiger partial charge in [-0.05, 0) is 43.5 Å². The molecule has 1 aliphatic rings. The molecule has 0 N–H and O–H groups in total. The third-order valence-corrected chi connectivity index (χ3v) is 8.13. The molecule has 2 heteroatoms. The van der Waals surface area contributed by atoms with Crippen LogP contribution in [0, 0.1) is 0 Å². The quantitative estimate of drug-likeness (QED) is 0.494. The number of hydrogen-bond donors (Lipinski definition) is 0. The Hall–Kier alpha value is -0.0831. The first-order valence-electron chi connectivity index (χ1n) is 5.58. The van der Waals surface area contributed by atoms with Crippen molar-refractivity contribution in [1.82, 2.24) is 0 Å². The minimum absolute atomic E-state index is 0.329. The number of hydrogen-bond acceptors (Lipinski definition) is 1. The van der Waals surface area contributed by atoms with E-state index in [1.807, 2.05) is 0 Å². The molecule has 82 valence electrons. The lowest BCUT2D eigenvalue weighted by molar-refractivity contribution is 0.214. The van der Waals surface area contributed by atoms with Crippen LogP contribution in [-0.2, 0) is 4.43 Å². The van der Waals surface area contributed by atoms with Gasteiger partial charge in [0, 0.05) is 0 Å². The second kappa shape index (κ2) is 3.82. The minimum atomic E-state index is -1.55. The van der Waals surface area contributed by atoms with Crippen molar-refractivity contribution in [3.63, 3.8) is 0 Å². The maximum Gasteiger partial charge on any atom is 0.192 e. The summed E-state index contributed by atoms with van der Waals surface area (Å²) in [5, 5.41) is 0.329. The van der Waals surface area contributed by atoms with Gasteiger partial charge in [-0.15, -0.1) is 0 Å². The first-order valence-corrected chi connectivity index (χ1v) is 8.49. The van der Waals surface area contributed by atoms with Crippen molar-refractivity contribution in [2.45, 2.75) is 64.8 Å². The highest BCUT2D eigenvalue weighted by molar-refractivity contribution is 6.74. The van der Waals surface area contributed by atoms with E-state index in [1.165, 1.54) is 18.4 Å². The van der Waals surface area contributed by atoms with E-state index in [9.17, 15) is 0 Å². The molecule has 0 saturated carbocycles. The van der Waals surface area contributed by atoms with Crippen LogP contribution in [0.25, 0.3) is 0 Å². The smallest absolute Gasteiger partial charge is 0.192 e. The normalized spacial score (nSPS) is 23.9. The summed E-state index contributed by atoms with van der Waals surface area (Å²) in [7, 11) is -1.55. The second-order valence-corrected chi connectivity index (χ2v) is 10.6. The van der Waals surface area contributed by atoms with E-state index in [4.69, 9.17) is 4.43 Å². The van der Waals surface area contributed by atoms with E-state index in [1.54, 1.807) is 0 Å². The highest BCUT2D eigenvalue weighted by Gasteiger charge is 2.39. The molecule has 0 bridgehead atoms. The van der Waals surface area contributed by atoms with Crippen LogP contribution in [0.4, 0.5) is 0 Å². The first-order chi connectivity index (χ1) is 6.24. The Morgan fingerprint density at radius 2 is 1.93 bits per heavy atom. The van der Waals surface area contributed by atoms with E-state index in [0.717, 1.165) is 0 Å². The van der Waals surface area contributed by atoms with Crippen molar-refractivity contribution in [2.75, 3.05) is 0 Å². The van der Waals surface area contributed by atoms with Gasteiger partial charge < -0.3 is 4.43 Å². The molecule has 0 radical (unpaired) electrons. The summed E-state index contributed by atoms with van der Waals surface area (Å²) in [4.78, 5) is 0. The molecule has 0 aromatic carbocycles. The van der Waals surface area contributed by atoms with Crippen LogP contribution in [0.15, 0.2) is 11.6 Å². The lowest BCUT2D eigenvalue weighted by atomic mass is 10.2. The molecule has 0 unspecified atom stereocenters. The fourth-order valence-electron chi connectivity index (χ4n) is 1.51. The maximum absolute atomic E-state index is 6.35. The Morgan fingerprint density at radius 3 is 2.29 bits per heavy atom. The van der Waals surface area contributed by atoms with Gasteiger partial charge in [0.15, 0.2) is 8.32 Å². The van der Waals surface area contributed by atoms with Crippen molar-refractivity contribution in [2.24, 2.45) is 0 Å². The molecule has 14 heavy (non-hydrogen) atoms. The SMILES string of the molecule is CC1=CCC[C@H]1O[Si](C)(C)C(C)(C)C. The molecule has 0 aliphatic heterocycles. The van der Waals surface area contributed by atoms with E-state index in [0.29, 0.717) is 11.1 Å². The molecule has 0 amide bonds. The fraction of sp³-hybridized carbons (Fsp3) is 0.833. The monoisotopic (exact) mass is 212 g/mol. The van der Waals surface area contributed by atoms with Crippen LogP contribution in [0.5, 0.6) is 0 Å². The van der Waals surface area contributed by atoms with Crippen LogP contribution >= 0.6 is 0 Å². The number of allylic oxidation sites excluding steroid dienone is 1. The Bertz CT molecular complexity index is 235. The van der Waals surface area contributed by atoms with Crippen LogP contribution in [0.3, 0.4) is 0 Å². The fourth-order valence-corrected chi connectivity index (χ4v) is 2.87. The van der Waals surface area contributed by atoms with Gasteiger partial charge in [0.1, 0.15) is 0 Å². The average Bonchev–Trinajstić information content (AvgIpc) is 2.33. The predicted molar refractivity (Wildman–Crippen MR) is 65.1 cm³/mol. The predicted octanol–water partition coefficient (Wildman–Crippen LogP) is 4.12. The molecule has 1 rings (SSSR count). The topological polar surface area (TPSA) is 9.23 Å². The molecule has 0 heterocycles. The summed E-state index contributed by atoms with van der Waals surface area (Å²) in [6.45, 7) is 13.8. The molecule has 0 aromatic rings. The zero-order valence-electron chi connectivity index (χ0n) is 10.5. The number of rotatable bonds is 2. The Labute approximate surface area is 89.7 Å². The van der Waals surface area contributed by atoms with Crippen molar-refractivity contribution in [3.8, 4) is 0 Å². The van der Waals surface area contributed by atoms with Gasteiger partial charge in [0.05, 0.1) is 6.10 Å². The lowest BCUT2D eigenvalue weighted by Gasteiger charge is -2.38. The summed E-state index contributed by atoms with van der Waals surface area (Å²) < 4.78 is 6.35. The largest absolute Gasteiger partial charge is 0.410 e. The van der Waals surface area contributed by atoms with Gasteiger partial charge in [-0.1, -0.05) is 26.8 Å². The summed E-state index contributed by atoms with van der Waals surface area (Å²) in [6, 6.07) is 0. The summed E-state index contributed by atoms with van der Waals surface area (Å²) >= 11 is 0. The van der Waals surface area contributed by atoms with Gasteiger partial charge in [0.25, 0.3) is 0 Å². The Morgan fingerprint density at radius 1 is 1.36 bits per heavy atom. The molecular formula is C12H24OSi. The third-order valence-electron chi connectivity index (χ3n) is 3.65. The van der Waals surface area contributed by atoms with E-state index in [-0.39, 0.29) is 0 Å². The van der Waals surface area contributed by atoms with E-state index < -0.39 is 8.32 Å². The van der Waals surface area contributed by atoms with Gasteiger partial charge in [0.2, 0.25) is 0 Å². The highest BCUT2D eigenvalue weighted by Crippen LogP contribution is 2.39. The zero-order chi connectivity index (χ0) is 11.0. The standard InChI is InChI=1S/C12H24OSi/c1-10-8-7-9-11(10)13-14(5,6)12(2,3)4/h8,11H,7,9H2,1-6H3/t11-/m1/s1. The Balaban J connectivity index is 2.64. The summed E-state index contributed by atoms with van der Waals surface area (Å²) in [5.74, 6) is 0. The molecule has 0 spiro atoms. The van der Waals surface area contributed by atoms with Gasteiger partial charge in [-0.25, -0.2) is 0 Å². The van der Waals surface area contributed by atoms with Crippen molar-refractivity contribution in [1.29, 1.82) is 0 Å². The zero-order valence-corrected chi connectivity index (χ0v) is 11.5. The molecule has 1 aliphatic carbocycles. The van der Waals surface area contributed by atoms with Gasteiger partial charge >= 0.3 is 0 Å². The Kier molecular flexibility index (Phi) is 3.27. The van der Waals surface area contributed by atoms with Crippen LogP contribution in [0.2, 0.25) is 18.1 Å². The molecule has 0 fully saturated rings. The third kappa shape index (κ3) is 2.48. The molecular weight excluding hydrogens is 188 g/mol. The van der Waals surface area contributed by atoms with Crippen molar-refractivity contribution >= 4 is 8.32 Å². The van der Waals surface area contributed by atoms with Crippen molar-refractivity contribution in [3.05, 3.63) is 11.6 Å². The van der Waals surface area contributed by atoms with Crippen molar-refractivity contribution < 1.29 is 4.43 Å². The van der Waals surface area contributed by atoms with Gasteiger partial charge in [-0.3, -0.25) is 0 Å². The molecule has 0 saturated heterocycles. The van der Waals surface area contributed by atoms with Gasteiger partial charge in [-0.2, -0.15) is 0 Å². The van der Waals surface area contributed by atoms with E-state index in [2.05, 4.69) is 46.9 Å². The van der Waals surface area contributed by atoms with Crippen LogP contribution in [-0.4, -0.2) is 14.4 Å². The maximum atomic E-state index is 6.35. The molecule has 1 atom stereocenters. The van der Waals surface area contributed by atoms with Crippen LogP contribution < -0.4 is 0 Å². The van der Waals surface area contributed by atoms with E-state index >= 15 is 0 Å². The van der Waals surface area contributed by atoms with Crippen LogP contribution in [0.1, 0.15) is 40.5 Å². The molecule has 1 nitrogen and oxygen atoms in total. The minimum Gasteiger partial charge on any atom is -0.410 e. The average molecular weight is 212 g/mol. The second-order valence-electron chi connectivity index (χ2n) is 5.89. The highest BCUT2D eigenvalue weighted by atomic mass is 28.4. The summed E-state index contributed by atoms with van der Waals surface area (Å²) in [6.07, 6.45) is 5.12. The first kappa shape index (κ1) is 12.0. The lowest BCUT2D eigenvalue weighted by Crippen LogP contribution is -2.43. The summed E-state index contributed by atoms with van der Waals surface area (Å²) in [5.41, 5.74) is 1.44. The molecule has 0 aromatic heterocycles.